The van der Waals surface area contributed by atoms with Gasteiger partial charge in [0.15, 0.2) is 31.7 Å². The largest absolute Gasteiger partial charge is 0.466 e. The minimum absolute atomic E-state index is 0.137. The highest BCUT2D eigenvalue weighted by Gasteiger charge is 2.54. The van der Waals surface area contributed by atoms with Gasteiger partial charge in [-0.1, -0.05) is 58.0 Å². The maximum atomic E-state index is 11.7. The number of rotatable bonds is 11. The van der Waals surface area contributed by atoms with Gasteiger partial charge in [-0.15, -0.1) is 25.5 Å². The van der Waals surface area contributed by atoms with E-state index in [-0.39, 0.29) is 42.4 Å². The molecule has 54 heavy (non-hydrogen) atoms. The third kappa shape index (κ3) is 15.9. The molecule has 4 heterocycles. The molecule has 1 aliphatic rings. The van der Waals surface area contributed by atoms with Gasteiger partial charge in [-0.25, -0.2) is 0 Å². The van der Waals surface area contributed by atoms with Crippen LogP contribution in [-0.4, -0.2) is 91.1 Å². The fraction of sp³-hybridized carbons (Fsp3) is 0.394. The number of carbonyl (C=O) groups is 4. The van der Waals surface area contributed by atoms with Crippen molar-refractivity contribution in [2.45, 2.75) is 58.3 Å². The highest BCUT2D eigenvalue weighted by atomic mass is 35.5. The van der Waals surface area contributed by atoms with Crippen LogP contribution in [0.25, 0.3) is 0 Å². The number of halogens is 5. The molecule has 0 spiro atoms. The Bertz CT molecular complexity index is 1730. The number of carbonyl (C=O) groups excluding carboxylic acids is 4. The number of ether oxygens (including phenoxy) is 4. The summed E-state index contributed by atoms with van der Waals surface area (Å²) in [5.41, 5.74) is 0.817. The Morgan fingerprint density at radius 2 is 0.981 bits per heavy atom. The summed E-state index contributed by atoms with van der Waals surface area (Å²) in [4.78, 5) is 46.1. The Hall–Kier alpha value is -4.35. The predicted octanol–water partition coefficient (Wildman–Crippen LogP) is 6.08. The molecule has 1 fully saturated rings. The van der Waals surface area contributed by atoms with Crippen molar-refractivity contribution in [1.82, 2.24) is 40.8 Å². The van der Waals surface area contributed by atoms with E-state index < -0.39 is 23.3 Å². The lowest BCUT2D eigenvalue weighted by molar-refractivity contribution is -0.157. The van der Waals surface area contributed by atoms with Gasteiger partial charge >= 0.3 is 23.9 Å². The maximum absolute atomic E-state index is 11.7. The van der Waals surface area contributed by atoms with Gasteiger partial charge in [0.2, 0.25) is 0 Å². The SMILES string of the molecule is CCOC(=O)C(C(=O)OCC)c1ccc(Cl)nn1.CCOC(=O)C1(c2ccc(Cl)nn2)CC1.CCOC(=O)Cc1ccc(Cl)nn1.Clc1ccc(Cl)nn1. The zero-order valence-corrected chi connectivity index (χ0v) is 33.2. The fourth-order valence-corrected chi connectivity index (χ4v) is 4.40. The van der Waals surface area contributed by atoms with Crippen molar-refractivity contribution in [3.05, 3.63) is 91.4 Å². The molecule has 1 aliphatic carbocycles. The molecule has 0 aliphatic heterocycles. The Labute approximate surface area is 335 Å². The zero-order chi connectivity index (χ0) is 40.1. The van der Waals surface area contributed by atoms with Crippen molar-refractivity contribution in [2.24, 2.45) is 0 Å². The second-order valence-corrected chi connectivity index (χ2v) is 12.2. The Morgan fingerprint density at radius 3 is 1.35 bits per heavy atom. The summed E-state index contributed by atoms with van der Waals surface area (Å²) in [6, 6.07) is 12.6. The molecule has 290 valence electrons. The van der Waals surface area contributed by atoms with Crippen molar-refractivity contribution in [1.29, 1.82) is 0 Å². The molecule has 0 amide bonds. The Balaban J connectivity index is 0.000000257. The van der Waals surface area contributed by atoms with Gasteiger partial charge in [0, 0.05) is 0 Å². The van der Waals surface area contributed by atoms with Gasteiger partial charge in [-0.05, 0) is 89.1 Å². The van der Waals surface area contributed by atoms with Gasteiger partial charge in [0.25, 0.3) is 0 Å². The monoisotopic (exact) mass is 846 g/mol. The smallest absolute Gasteiger partial charge is 0.326 e. The topological polar surface area (TPSA) is 208 Å². The van der Waals surface area contributed by atoms with Crippen LogP contribution in [0.1, 0.15) is 63.5 Å². The molecule has 0 bridgehead atoms. The second-order valence-electron chi connectivity index (χ2n) is 10.3. The van der Waals surface area contributed by atoms with Crippen LogP contribution in [0.4, 0.5) is 0 Å². The quantitative estimate of drug-likeness (QED) is 0.0951. The molecular formula is C33H35Cl5N8O8. The number of nitrogens with zero attached hydrogens (tertiary/aromatic N) is 8. The van der Waals surface area contributed by atoms with E-state index in [0.29, 0.717) is 45.2 Å². The molecule has 0 saturated heterocycles. The lowest BCUT2D eigenvalue weighted by atomic mass is 10.0. The molecule has 4 aromatic heterocycles. The highest BCUT2D eigenvalue weighted by molar-refractivity contribution is 6.31. The molecule has 4 aromatic rings. The van der Waals surface area contributed by atoms with Gasteiger partial charge in [0.1, 0.15) is 5.41 Å². The Kier molecular flexibility index (Phi) is 20.5. The van der Waals surface area contributed by atoms with Crippen molar-refractivity contribution in [3.8, 4) is 0 Å². The molecule has 0 unspecified atom stereocenters. The van der Waals surface area contributed by atoms with Crippen LogP contribution in [0, 0.1) is 0 Å². The van der Waals surface area contributed by atoms with Crippen LogP contribution in [0.5, 0.6) is 0 Å². The summed E-state index contributed by atoms with van der Waals surface area (Å²) in [6.07, 6.45) is 1.70. The third-order valence-corrected chi connectivity index (χ3v) is 7.46. The van der Waals surface area contributed by atoms with Gasteiger partial charge in [-0.2, -0.15) is 15.3 Å². The average molecular weight is 849 g/mol. The van der Waals surface area contributed by atoms with E-state index >= 15 is 0 Å². The molecule has 5 rings (SSSR count). The van der Waals surface area contributed by atoms with E-state index in [1.54, 1.807) is 64.1 Å². The van der Waals surface area contributed by atoms with Crippen molar-refractivity contribution < 1.29 is 38.1 Å². The molecule has 0 radical (unpaired) electrons. The van der Waals surface area contributed by atoms with Gasteiger partial charge in [-0.3, -0.25) is 19.2 Å². The number of esters is 4. The second kappa shape index (κ2) is 24.1. The van der Waals surface area contributed by atoms with Crippen molar-refractivity contribution in [2.75, 3.05) is 26.4 Å². The van der Waals surface area contributed by atoms with Crippen LogP contribution in [0.3, 0.4) is 0 Å². The fourth-order valence-electron chi connectivity index (χ4n) is 3.90. The Morgan fingerprint density at radius 1 is 0.556 bits per heavy atom. The van der Waals surface area contributed by atoms with E-state index in [2.05, 4.69) is 40.8 Å². The number of aromatic nitrogens is 8. The van der Waals surface area contributed by atoms with Crippen LogP contribution < -0.4 is 0 Å². The molecule has 1 saturated carbocycles. The van der Waals surface area contributed by atoms with Gasteiger partial charge in [0.05, 0.1) is 49.9 Å². The van der Waals surface area contributed by atoms with E-state index in [0.717, 1.165) is 12.8 Å². The van der Waals surface area contributed by atoms with E-state index in [1.165, 1.54) is 12.1 Å². The summed E-state index contributed by atoms with van der Waals surface area (Å²) >= 11 is 27.5. The molecular weight excluding hydrogens is 814 g/mol. The van der Waals surface area contributed by atoms with E-state index in [4.69, 9.17) is 77.0 Å². The van der Waals surface area contributed by atoms with E-state index in [1.807, 2.05) is 0 Å². The normalized spacial score (nSPS) is 11.9. The van der Waals surface area contributed by atoms with E-state index in [9.17, 15) is 19.2 Å². The van der Waals surface area contributed by atoms with Crippen LogP contribution in [0.2, 0.25) is 25.8 Å². The van der Waals surface area contributed by atoms with Gasteiger partial charge < -0.3 is 18.9 Å². The van der Waals surface area contributed by atoms with Crippen LogP contribution in [0.15, 0.2) is 48.5 Å². The summed E-state index contributed by atoms with van der Waals surface area (Å²) in [7, 11) is 0. The maximum Gasteiger partial charge on any atom is 0.326 e. The molecule has 0 N–H and O–H groups in total. The molecule has 0 atom stereocenters. The number of hydrogen-bond acceptors (Lipinski definition) is 16. The van der Waals surface area contributed by atoms with Crippen LogP contribution in [-0.2, 0) is 50.0 Å². The standard InChI is InChI=1S/C11H13ClN2O4.C10H11ClN2O2.C8H9ClN2O2.C4H2Cl2N2/c1-3-17-10(15)9(11(16)18-4-2)7-5-6-8(12)14-13-7;1-2-15-9(14)10(5-6-10)7-3-4-8(11)13-12-7;1-2-13-8(12)5-6-3-4-7(9)11-10-6;5-3-1-2-4(6)8-7-3/h5-6,9H,3-4H2,1-2H3;3-4H,2,5-6H2,1H3;3-4H,2,5H2,1H3;1-2H. The van der Waals surface area contributed by atoms with Crippen LogP contribution >= 0.6 is 58.0 Å². The minimum atomic E-state index is -1.23. The molecule has 21 heteroatoms. The minimum Gasteiger partial charge on any atom is -0.466 e. The predicted molar refractivity (Wildman–Crippen MR) is 197 cm³/mol. The summed E-state index contributed by atoms with van der Waals surface area (Å²) in [6.45, 7) is 7.93. The third-order valence-electron chi connectivity index (χ3n) is 6.45. The zero-order valence-electron chi connectivity index (χ0n) is 29.4. The first-order valence-corrected chi connectivity index (χ1v) is 18.0. The molecule has 0 aromatic carbocycles. The van der Waals surface area contributed by atoms with Crippen molar-refractivity contribution in [3.63, 3.8) is 0 Å². The first kappa shape index (κ1) is 45.8. The average Bonchev–Trinajstić information content (AvgIpc) is 3.96. The number of hydrogen-bond donors (Lipinski definition) is 0. The lowest BCUT2D eigenvalue weighted by Gasteiger charge is -2.13. The highest BCUT2D eigenvalue weighted by Crippen LogP contribution is 2.48. The first-order valence-electron chi connectivity index (χ1n) is 16.1. The van der Waals surface area contributed by atoms with Crippen molar-refractivity contribution >= 4 is 81.9 Å². The summed E-state index contributed by atoms with van der Waals surface area (Å²) in [5, 5.41) is 30.7. The molecule has 16 nitrogen and oxygen atoms in total. The summed E-state index contributed by atoms with van der Waals surface area (Å²) < 4.78 is 19.4. The first-order chi connectivity index (χ1) is 25.8. The lowest BCUT2D eigenvalue weighted by Crippen LogP contribution is -2.27. The summed E-state index contributed by atoms with van der Waals surface area (Å²) in [5.74, 6) is -3.17.